The second kappa shape index (κ2) is 8.18. The van der Waals surface area contributed by atoms with Crippen LogP contribution in [0.15, 0.2) is 24.3 Å². The van der Waals surface area contributed by atoms with Crippen LogP contribution in [0, 0.1) is 0 Å². The van der Waals surface area contributed by atoms with Gasteiger partial charge in [-0.1, -0.05) is 0 Å². The second-order valence-electron chi connectivity index (χ2n) is 6.44. The van der Waals surface area contributed by atoms with E-state index in [1.165, 1.54) is 0 Å². The number of ether oxygens (including phenoxy) is 1. The molecule has 2 aliphatic heterocycles. The van der Waals surface area contributed by atoms with E-state index in [2.05, 4.69) is 16.0 Å². The van der Waals surface area contributed by atoms with E-state index < -0.39 is 12.1 Å². The Morgan fingerprint density at radius 3 is 2.69 bits per heavy atom. The number of nitrogens with one attached hydrogen (secondary N) is 3. The van der Waals surface area contributed by atoms with Crippen molar-refractivity contribution in [3.63, 3.8) is 0 Å². The van der Waals surface area contributed by atoms with Gasteiger partial charge in [-0.05, 0) is 37.1 Å². The Bertz CT molecular complexity index is 676. The highest BCUT2D eigenvalue weighted by Crippen LogP contribution is 2.16. The predicted molar refractivity (Wildman–Crippen MR) is 94.9 cm³/mol. The molecule has 0 aliphatic carbocycles. The Hall–Kier alpha value is -2.61. The van der Waals surface area contributed by atoms with Gasteiger partial charge in [0.1, 0.15) is 17.8 Å². The number of piperidine rings is 1. The van der Waals surface area contributed by atoms with Crippen LogP contribution < -0.4 is 20.7 Å². The maximum Gasteiger partial charge on any atom is 0.254 e. The normalized spacial score (nSPS) is 23.1. The lowest BCUT2D eigenvalue weighted by Crippen LogP contribution is -2.62. The molecule has 0 unspecified atom stereocenters. The predicted octanol–water partition coefficient (Wildman–Crippen LogP) is -0.496. The highest BCUT2D eigenvalue weighted by Gasteiger charge is 2.35. The molecule has 0 saturated carbocycles. The van der Waals surface area contributed by atoms with Crippen molar-refractivity contribution in [3.8, 4) is 5.75 Å². The number of piperazine rings is 1. The average Bonchev–Trinajstić information content (AvgIpc) is 2.69. The third-order valence-corrected chi connectivity index (χ3v) is 4.75. The molecule has 3 rings (SSSR count). The van der Waals surface area contributed by atoms with Crippen LogP contribution in [0.4, 0.5) is 0 Å². The van der Waals surface area contributed by atoms with E-state index in [1.54, 1.807) is 36.3 Å². The van der Waals surface area contributed by atoms with E-state index in [9.17, 15) is 14.4 Å². The summed E-state index contributed by atoms with van der Waals surface area (Å²) in [6, 6.07) is 5.64. The first-order valence-electron chi connectivity index (χ1n) is 8.84. The van der Waals surface area contributed by atoms with Crippen molar-refractivity contribution in [1.29, 1.82) is 0 Å². The number of hydrogen-bond donors (Lipinski definition) is 3. The van der Waals surface area contributed by atoms with Crippen LogP contribution in [-0.4, -0.2) is 68.0 Å². The monoisotopic (exact) mass is 360 g/mol. The maximum absolute atomic E-state index is 12.9. The lowest BCUT2D eigenvalue weighted by Gasteiger charge is -2.36. The van der Waals surface area contributed by atoms with Gasteiger partial charge in [0.25, 0.3) is 5.91 Å². The van der Waals surface area contributed by atoms with Crippen molar-refractivity contribution >= 4 is 17.7 Å². The molecule has 2 fully saturated rings. The van der Waals surface area contributed by atoms with Crippen LogP contribution in [0.3, 0.4) is 0 Å². The number of methoxy groups -OCH3 is 1. The average molecular weight is 360 g/mol. The van der Waals surface area contributed by atoms with E-state index >= 15 is 0 Å². The maximum atomic E-state index is 12.9. The van der Waals surface area contributed by atoms with Gasteiger partial charge >= 0.3 is 0 Å². The first-order chi connectivity index (χ1) is 12.6. The first-order valence-corrected chi connectivity index (χ1v) is 8.84. The quantitative estimate of drug-likeness (QED) is 0.673. The SMILES string of the molecule is COc1ccc(C(=O)N2CCNC[C@@H]2C(=O)N[C@H]2CCCNC2=O)cc1. The first kappa shape index (κ1) is 18.2. The van der Waals surface area contributed by atoms with E-state index in [0.717, 1.165) is 6.42 Å². The molecule has 8 nitrogen and oxygen atoms in total. The number of amides is 3. The number of nitrogens with zero attached hydrogens (tertiary/aromatic N) is 1. The fourth-order valence-corrected chi connectivity index (χ4v) is 3.26. The zero-order valence-corrected chi connectivity index (χ0v) is 14.8. The second-order valence-corrected chi connectivity index (χ2v) is 6.44. The smallest absolute Gasteiger partial charge is 0.254 e. The number of carbonyl (C=O) groups is 3. The molecule has 2 heterocycles. The molecule has 8 heteroatoms. The van der Waals surface area contributed by atoms with Gasteiger partial charge in [0, 0.05) is 31.7 Å². The molecule has 3 N–H and O–H groups in total. The summed E-state index contributed by atoms with van der Waals surface area (Å²) < 4.78 is 5.11. The summed E-state index contributed by atoms with van der Waals surface area (Å²) in [6.07, 6.45) is 1.44. The summed E-state index contributed by atoms with van der Waals surface area (Å²) in [5.41, 5.74) is 0.501. The minimum absolute atomic E-state index is 0.165. The van der Waals surface area contributed by atoms with Crippen LogP contribution in [0.2, 0.25) is 0 Å². The van der Waals surface area contributed by atoms with Crippen LogP contribution in [0.5, 0.6) is 5.75 Å². The van der Waals surface area contributed by atoms with Gasteiger partial charge in [0.05, 0.1) is 7.11 Å². The number of hydrogen-bond acceptors (Lipinski definition) is 5. The molecular formula is C18H24N4O4. The van der Waals surface area contributed by atoms with Gasteiger partial charge in [-0.3, -0.25) is 14.4 Å². The molecule has 1 aromatic rings. The van der Waals surface area contributed by atoms with Crippen LogP contribution in [0.25, 0.3) is 0 Å². The molecule has 2 atom stereocenters. The molecule has 1 aromatic carbocycles. The van der Waals surface area contributed by atoms with Crippen LogP contribution >= 0.6 is 0 Å². The summed E-state index contributed by atoms with van der Waals surface area (Å²) in [4.78, 5) is 39.0. The molecule has 0 aromatic heterocycles. The lowest BCUT2D eigenvalue weighted by molar-refractivity contribution is -0.132. The standard InChI is InChI=1S/C18H24N4O4/c1-26-13-6-4-12(5-7-13)18(25)22-10-9-19-11-15(22)17(24)21-14-3-2-8-20-16(14)23/h4-7,14-15,19H,2-3,8-11H2,1H3,(H,20,23)(H,21,24)/t14-,15+/m0/s1. The molecule has 140 valence electrons. The van der Waals surface area contributed by atoms with Crippen molar-refractivity contribution in [1.82, 2.24) is 20.9 Å². The van der Waals surface area contributed by atoms with E-state index in [4.69, 9.17) is 4.74 Å². The highest BCUT2D eigenvalue weighted by molar-refractivity contribution is 5.98. The van der Waals surface area contributed by atoms with Gasteiger partial charge in [-0.25, -0.2) is 0 Å². The van der Waals surface area contributed by atoms with Crippen LogP contribution in [0.1, 0.15) is 23.2 Å². The van der Waals surface area contributed by atoms with Crippen LogP contribution in [-0.2, 0) is 9.59 Å². The number of carbonyl (C=O) groups excluding carboxylic acids is 3. The van der Waals surface area contributed by atoms with Gasteiger partial charge < -0.3 is 25.6 Å². The number of benzene rings is 1. The van der Waals surface area contributed by atoms with Crippen molar-refractivity contribution < 1.29 is 19.1 Å². The third-order valence-electron chi connectivity index (χ3n) is 4.75. The van der Waals surface area contributed by atoms with Gasteiger partial charge in [0.15, 0.2) is 0 Å². The van der Waals surface area contributed by atoms with E-state index in [-0.39, 0.29) is 17.7 Å². The van der Waals surface area contributed by atoms with Crippen molar-refractivity contribution in [2.45, 2.75) is 24.9 Å². The largest absolute Gasteiger partial charge is 0.497 e. The summed E-state index contributed by atoms with van der Waals surface area (Å²) >= 11 is 0. The molecular weight excluding hydrogens is 336 g/mol. The summed E-state index contributed by atoms with van der Waals surface area (Å²) in [6.45, 7) is 2.05. The highest BCUT2D eigenvalue weighted by atomic mass is 16.5. The topological polar surface area (TPSA) is 99.8 Å². The third kappa shape index (κ3) is 3.96. The lowest BCUT2D eigenvalue weighted by atomic mass is 10.0. The Morgan fingerprint density at radius 2 is 2.00 bits per heavy atom. The zero-order valence-electron chi connectivity index (χ0n) is 14.8. The van der Waals surface area contributed by atoms with Gasteiger partial charge in [-0.15, -0.1) is 0 Å². The minimum atomic E-state index is -0.645. The summed E-state index contributed by atoms with van der Waals surface area (Å²) in [5, 5.41) is 8.68. The summed E-state index contributed by atoms with van der Waals surface area (Å²) in [5.74, 6) is -0.00984. The molecule has 0 bridgehead atoms. The Kier molecular flexibility index (Phi) is 5.72. The van der Waals surface area contributed by atoms with Crippen molar-refractivity contribution in [2.24, 2.45) is 0 Å². The molecule has 2 saturated heterocycles. The number of rotatable bonds is 4. The van der Waals surface area contributed by atoms with E-state index in [0.29, 0.717) is 43.9 Å². The Balaban J connectivity index is 1.70. The fraction of sp³-hybridized carbons (Fsp3) is 0.500. The minimum Gasteiger partial charge on any atom is -0.497 e. The summed E-state index contributed by atoms with van der Waals surface area (Å²) in [7, 11) is 1.56. The molecule has 0 radical (unpaired) electrons. The molecule has 0 spiro atoms. The van der Waals surface area contributed by atoms with Crippen molar-refractivity contribution in [2.75, 3.05) is 33.3 Å². The van der Waals surface area contributed by atoms with Crippen molar-refractivity contribution in [3.05, 3.63) is 29.8 Å². The Labute approximate surface area is 152 Å². The Morgan fingerprint density at radius 1 is 1.23 bits per heavy atom. The fourth-order valence-electron chi connectivity index (χ4n) is 3.26. The van der Waals surface area contributed by atoms with Gasteiger partial charge in [-0.2, -0.15) is 0 Å². The molecule has 3 amide bonds. The zero-order chi connectivity index (χ0) is 18.5. The molecule has 26 heavy (non-hydrogen) atoms. The molecule has 2 aliphatic rings. The van der Waals surface area contributed by atoms with Gasteiger partial charge in [0.2, 0.25) is 11.8 Å². The van der Waals surface area contributed by atoms with E-state index in [1.807, 2.05) is 0 Å².